The van der Waals surface area contributed by atoms with Crippen LogP contribution in [0.1, 0.15) is 33.6 Å². The molecule has 0 spiro atoms. The van der Waals surface area contributed by atoms with E-state index in [1.165, 1.54) is 0 Å². The molecule has 1 atom stereocenters. The predicted molar refractivity (Wildman–Crippen MR) is 51.5 cm³/mol. The number of likely N-dealkylation sites (tertiary alicyclic amines) is 1. The van der Waals surface area contributed by atoms with Crippen LogP contribution in [0.25, 0.3) is 0 Å². The van der Waals surface area contributed by atoms with Gasteiger partial charge in [0.25, 0.3) is 0 Å². The van der Waals surface area contributed by atoms with Gasteiger partial charge in [-0.05, 0) is 47.2 Å². The summed E-state index contributed by atoms with van der Waals surface area (Å²) in [5.74, 6) is -0.0764. The Hall–Kier alpha value is -0.570. The van der Waals surface area contributed by atoms with E-state index in [4.69, 9.17) is 4.74 Å². The number of ether oxygens (including phenoxy) is 1. The van der Waals surface area contributed by atoms with Crippen LogP contribution in [0.3, 0.4) is 0 Å². The average Bonchev–Trinajstić information content (AvgIpc) is 2.30. The van der Waals surface area contributed by atoms with Gasteiger partial charge in [0.1, 0.15) is 11.6 Å². The minimum atomic E-state index is -0.361. The van der Waals surface area contributed by atoms with Crippen LogP contribution in [0.2, 0.25) is 0 Å². The third-order valence-corrected chi connectivity index (χ3v) is 2.20. The maximum Gasteiger partial charge on any atom is 0.323 e. The molecule has 3 nitrogen and oxygen atoms in total. The minimum absolute atomic E-state index is 0.0146. The SMILES string of the molecule is CN1CCC[C@@H]1C(=O)OC(C)(C)C. The predicted octanol–water partition coefficient (Wildman–Crippen LogP) is 1.42. The Morgan fingerprint density at radius 2 is 2.08 bits per heavy atom. The Morgan fingerprint density at radius 3 is 2.46 bits per heavy atom. The fraction of sp³-hybridized carbons (Fsp3) is 0.900. The summed E-state index contributed by atoms with van der Waals surface area (Å²) in [5, 5.41) is 0. The smallest absolute Gasteiger partial charge is 0.323 e. The fourth-order valence-electron chi connectivity index (χ4n) is 1.58. The molecule has 0 aliphatic carbocycles. The zero-order valence-corrected chi connectivity index (χ0v) is 8.96. The first-order chi connectivity index (χ1) is 5.90. The van der Waals surface area contributed by atoms with E-state index >= 15 is 0 Å². The molecule has 1 aliphatic heterocycles. The highest BCUT2D eigenvalue weighted by atomic mass is 16.6. The monoisotopic (exact) mass is 185 g/mol. The summed E-state index contributed by atoms with van der Waals surface area (Å²) in [6, 6.07) is -0.0146. The van der Waals surface area contributed by atoms with Crippen molar-refractivity contribution in [1.82, 2.24) is 4.90 Å². The number of carbonyl (C=O) groups is 1. The van der Waals surface area contributed by atoms with E-state index in [2.05, 4.69) is 4.90 Å². The van der Waals surface area contributed by atoms with Gasteiger partial charge in [-0.25, -0.2) is 0 Å². The van der Waals surface area contributed by atoms with Gasteiger partial charge in [0, 0.05) is 0 Å². The van der Waals surface area contributed by atoms with E-state index in [-0.39, 0.29) is 17.6 Å². The Kier molecular flexibility index (Phi) is 2.96. The van der Waals surface area contributed by atoms with Crippen LogP contribution in [-0.2, 0) is 9.53 Å². The topological polar surface area (TPSA) is 29.5 Å². The van der Waals surface area contributed by atoms with E-state index in [0.29, 0.717) is 0 Å². The zero-order chi connectivity index (χ0) is 10.1. The largest absolute Gasteiger partial charge is 0.459 e. The average molecular weight is 185 g/mol. The van der Waals surface area contributed by atoms with Crippen molar-refractivity contribution < 1.29 is 9.53 Å². The van der Waals surface area contributed by atoms with Gasteiger partial charge in [-0.15, -0.1) is 0 Å². The molecule has 0 aromatic rings. The normalized spacial score (nSPS) is 24.8. The molecule has 1 heterocycles. The van der Waals surface area contributed by atoms with Crippen molar-refractivity contribution in [3.63, 3.8) is 0 Å². The first-order valence-electron chi connectivity index (χ1n) is 4.83. The van der Waals surface area contributed by atoms with Gasteiger partial charge < -0.3 is 4.74 Å². The summed E-state index contributed by atoms with van der Waals surface area (Å²) in [6.07, 6.45) is 2.03. The number of esters is 1. The highest BCUT2D eigenvalue weighted by Gasteiger charge is 2.31. The second-order valence-corrected chi connectivity index (χ2v) is 4.67. The molecule has 1 fully saturated rings. The second kappa shape index (κ2) is 3.66. The maximum atomic E-state index is 11.6. The van der Waals surface area contributed by atoms with E-state index < -0.39 is 0 Å². The summed E-state index contributed by atoms with van der Waals surface area (Å²) in [4.78, 5) is 13.7. The third-order valence-electron chi connectivity index (χ3n) is 2.20. The van der Waals surface area contributed by atoms with Gasteiger partial charge in [-0.3, -0.25) is 9.69 Å². The summed E-state index contributed by atoms with van der Waals surface area (Å²) >= 11 is 0. The first-order valence-corrected chi connectivity index (χ1v) is 4.83. The van der Waals surface area contributed by atoms with Crippen molar-refractivity contribution in [2.45, 2.75) is 45.3 Å². The quantitative estimate of drug-likeness (QED) is 0.579. The molecule has 1 aliphatic rings. The van der Waals surface area contributed by atoms with E-state index in [9.17, 15) is 4.79 Å². The molecule has 1 rings (SSSR count). The van der Waals surface area contributed by atoms with Crippen molar-refractivity contribution in [3.05, 3.63) is 0 Å². The fourth-order valence-corrected chi connectivity index (χ4v) is 1.58. The molecule has 0 aromatic heterocycles. The van der Waals surface area contributed by atoms with Crippen molar-refractivity contribution in [2.75, 3.05) is 13.6 Å². The number of nitrogens with zero attached hydrogens (tertiary/aromatic N) is 1. The molecule has 76 valence electrons. The number of likely N-dealkylation sites (N-methyl/N-ethyl adjacent to an activating group) is 1. The van der Waals surface area contributed by atoms with Crippen LogP contribution >= 0.6 is 0 Å². The summed E-state index contributed by atoms with van der Waals surface area (Å²) < 4.78 is 5.31. The van der Waals surface area contributed by atoms with Gasteiger partial charge in [0.2, 0.25) is 0 Å². The van der Waals surface area contributed by atoms with Crippen LogP contribution < -0.4 is 0 Å². The summed E-state index contributed by atoms with van der Waals surface area (Å²) in [5.41, 5.74) is -0.361. The lowest BCUT2D eigenvalue weighted by atomic mass is 10.1. The second-order valence-electron chi connectivity index (χ2n) is 4.67. The molecule has 1 saturated heterocycles. The van der Waals surface area contributed by atoms with Gasteiger partial charge in [-0.2, -0.15) is 0 Å². The number of hydrogen-bond acceptors (Lipinski definition) is 3. The van der Waals surface area contributed by atoms with Gasteiger partial charge in [0.05, 0.1) is 0 Å². The lowest BCUT2D eigenvalue weighted by Crippen LogP contribution is -2.38. The highest BCUT2D eigenvalue weighted by molar-refractivity contribution is 5.76. The number of hydrogen-bond donors (Lipinski definition) is 0. The van der Waals surface area contributed by atoms with Gasteiger partial charge in [0.15, 0.2) is 0 Å². The molecule has 0 aromatic carbocycles. The Balaban J connectivity index is 2.48. The van der Waals surface area contributed by atoms with Crippen molar-refractivity contribution in [2.24, 2.45) is 0 Å². The molecule has 3 heteroatoms. The molecule has 0 amide bonds. The van der Waals surface area contributed by atoms with Crippen LogP contribution in [0.15, 0.2) is 0 Å². The molecule has 0 saturated carbocycles. The van der Waals surface area contributed by atoms with Crippen molar-refractivity contribution in [1.29, 1.82) is 0 Å². The van der Waals surface area contributed by atoms with Gasteiger partial charge >= 0.3 is 5.97 Å². The van der Waals surface area contributed by atoms with Crippen LogP contribution in [0, 0.1) is 0 Å². The zero-order valence-electron chi connectivity index (χ0n) is 8.96. The molecule has 0 N–H and O–H groups in total. The van der Waals surface area contributed by atoms with Crippen LogP contribution in [0.5, 0.6) is 0 Å². The van der Waals surface area contributed by atoms with Gasteiger partial charge in [-0.1, -0.05) is 0 Å². The molecule has 13 heavy (non-hydrogen) atoms. The third kappa shape index (κ3) is 2.99. The van der Waals surface area contributed by atoms with E-state index in [1.54, 1.807) is 0 Å². The van der Waals surface area contributed by atoms with E-state index in [0.717, 1.165) is 19.4 Å². The summed E-state index contributed by atoms with van der Waals surface area (Å²) in [7, 11) is 1.97. The summed E-state index contributed by atoms with van der Waals surface area (Å²) in [6.45, 7) is 6.71. The maximum absolute atomic E-state index is 11.6. The molecule has 0 unspecified atom stereocenters. The lowest BCUT2D eigenvalue weighted by Gasteiger charge is -2.24. The highest BCUT2D eigenvalue weighted by Crippen LogP contribution is 2.18. The molecular weight excluding hydrogens is 166 g/mol. The van der Waals surface area contributed by atoms with Crippen LogP contribution in [0.4, 0.5) is 0 Å². The standard InChI is InChI=1S/C10H19NO2/c1-10(2,3)13-9(12)8-6-5-7-11(8)4/h8H,5-7H2,1-4H3/t8-/m1/s1. The Morgan fingerprint density at radius 1 is 1.46 bits per heavy atom. The number of carbonyl (C=O) groups excluding carboxylic acids is 1. The minimum Gasteiger partial charge on any atom is -0.459 e. The lowest BCUT2D eigenvalue weighted by molar-refractivity contribution is -0.159. The number of rotatable bonds is 1. The van der Waals surface area contributed by atoms with Crippen molar-refractivity contribution >= 4 is 5.97 Å². The molecular formula is C10H19NO2. The molecule has 0 bridgehead atoms. The van der Waals surface area contributed by atoms with Crippen molar-refractivity contribution in [3.8, 4) is 0 Å². The molecule has 0 radical (unpaired) electrons. The first kappa shape index (κ1) is 10.5. The van der Waals surface area contributed by atoms with Crippen LogP contribution in [-0.4, -0.2) is 36.1 Å². The Labute approximate surface area is 80.1 Å². The van der Waals surface area contributed by atoms with E-state index in [1.807, 2.05) is 27.8 Å². The Bertz CT molecular complexity index is 196.